The molecule has 0 atom stereocenters. The van der Waals surface area contributed by atoms with Crippen LogP contribution in [-0.2, 0) is 4.79 Å². The van der Waals surface area contributed by atoms with Gasteiger partial charge >= 0.3 is 6.36 Å². The zero-order valence-electron chi connectivity index (χ0n) is 16.2. The lowest BCUT2D eigenvalue weighted by molar-refractivity contribution is -0.274. The van der Waals surface area contributed by atoms with Crippen molar-refractivity contribution < 1.29 is 27.5 Å². The Hall–Kier alpha value is -3.23. The number of hydrogen-bond acceptors (Lipinski definition) is 4. The van der Waals surface area contributed by atoms with Crippen LogP contribution in [-0.4, -0.2) is 30.8 Å². The highest BCUT2D eigenvalue weighted by Gasteiger charge is 2.30. The Morgan fingerprint density at radius 2 is 1.72 bits per heavy atom. The van der Waals surface area contributed by atoms with E-state index < -0.39 is 6.36 Å². The molecule has 0 fully saturated rings. The van der Waals surface area contributed by atoms with Gasteiger partial charge in [-0.2, -0.15) is 0 Å². The Bertz CT molecular complexity index is 866. The lowest BCUT2D eigenvalue weighted by Crippen LogP contribution is -2.30. The van der Waals surface area contributed by atoms with E-state index in [1.54, 1.807) is 18.2 Å². The first-order valence-corrected chi connectivity index (χ1v) is 8.84. The van der Waals surface area contributed by atoms with Crippen LogP contribution < -0.4 is 20.7 Å². The van der Waals surface area contributed by atoms with Gasteiger partial charge in [0.05, 0.1) is 6.54 Å². The quantitative estimate of drug-likeness (QED) is 0.644. The van der Waals surface area contributed by atoms with Crippen molar-refractivity contribution in [2.75, 3.05) is 17.2 Å². The van der Waals surface area contributed by atoms with Crippen LogP contribution in [0.3, 0.4) is 0 Å². The Kier molecular flexibility index (Phi) is 7.08. The third-order valence-corrected chi connectivity index (χ3v) is 3.72. The summed E-state index contributed by atoms with van der Waals surface area (Å²) in [6, 6.07) is 9.96. The van der Waals surface area contributed by atoms with E-state index in [0.29, 0.717) is 16.9 Å². The van der Waals surface area contributed by atoms with E-state index >= 15 is 0 Å². The highest BCUT2D eigenvalue weighted by atomic mass is 19.4. The molecule has 0 heterocycles. The van der Waals surface area contributed by atoms with Crippen LogP contribution in [0.5, 0.6) is 5.75 Å². The summed E-state index contributed by atoms with van der Waals surface area (Å²) in [6.45, 7) is 5.50. The van der Waals surface area contributed by atoms with Crippen molar-refractivity contribution in [1.82, 2.24) is 5.32 Å². The van der Waals surface area contributed by atoms with Crippen LogP contribution in [0, 0.1) is 6.92 Å². The van der Waals surface area contributed by atoms with Gasteiger partial charge in [0.1, 0.15) is 5.75 Å². The van der Waals surface area contributed by atoms with Gasteiger partial charge in [-0.15, -0.1) is 13.2 Å². The van der Waals surface area contributed by atoms with E-state index in [2.05, 4.69) is 20.7 Å². The number of rotatable bonds is 7. The minimum atomic E-state index is -4.77. The van der Waals surface area contributed by atoms with E-state index in [1.165, 1.54) is 12.1 Å². The molecule has 29 heavy (non-hydrogen) atoms. The molecular weight excluding hydrogens is 387 g/mol. The fourth-order valence-electron chi connectivity index (χ4n) is 2.47. The summed E-state index contributed by atoms with van der Waals surface area (Å²) in [7, 11) is 0. The van der Waals surface area contributed by atoms with E-state index in [0.717, 1.165) is 17.7 Å². The number of hydrogen-bond donors (Lipinski definition) is 3. The zero-order valence-corrected chi connectivity index (χ0v) is 16.2. The summed E-state index contributed by atoms with van der Waals surface area (Å²) in [6.07, 6.45) is -4.77. The van der Waals surface area contributed by atoms with Crippen molar-refractivity contribution in [1.29, 1.82) is 0 Å². The van der Waals surface area contributed by atoms with Crippen molar-refractivity contribution in [3.8, 4) is 5.75 Å². The Labute approximate surface area is 166 Å². The van der Waals surface area contributed by atoms with Crippen LogP contribution in [0.2, 0.25) is 0 Å². The topological polar surface area (TPSA) is 79.5 Å². The molecule has 2 aromatic rings. The van der Waals surface area contributed by atoms with Crippen LogP contribution >= 0.6 is 0 Å². The summed E-state index contributed by atoms with van der Waals surface area (Å²) < 4.78 is 40.2. The van der Waals surface area contributed by atoms with Gasteiger partial charge in [0.2, 0.25) is 5.91 Å². The number of nitrogens with one attached hydrogen (secondary N) is 3. The molecule has 9 heteroatoms. The number of aryl methyl sites for hydroxylation is 1. The molecule has 2 amide bonds. The van der Waals surface area contributed by atoms with E-state index in [9.17, 15) is 22.8 Å². The molecule has 0 aromatic heterocycles. The summed E-state index contributed by atoms with van der Waals surface area (Å²) >= 11 is 0. The lowest BCUT2D eigenvalue weighted by atomic mass is 10.1. The molecule has 0 saturated carbocycles. The summed E-state index contributed by atoms with van der Waals surface area (Å²) in [5.41, 5.74) is 2.34. The van der Waals surface area contributed by atoms with Gasteiger partial charge in [-0.3, -0.25) is 9.59 Å². The number of amides is 2. The second kappa shape index (κ2) is 9.31. The van der Waals surface area contributed by atoms with Crippen molar-refractivity contribution in [3.63, 3.8) is 0 Å². The molecule has 0 aliphatic heterocycles. The number of anilines is 2. The fraction of sp³-hybridized carbons (Fsp3) is 0.300. The summed E-state index contributed by atoms with van der Waals surface area (Å²) in [5, 5.41) is 8.34. The molecule has 0 bridgehead atoms. The Balaban J connectivity index is 1.89. The van der Waals surface area contributed by atoms with Gasteiger partial charge < -0.3 is 20.7 Å². The first kappa shape index (κ1) is 22.1. The number of carbonyl (C=O) groups excluding carboxylic acids is 2. The Morgan fingerprint density at radius 1 is 1.07 bits per heavy atom. The Morgan fingerprint density at radius 3 is 2.28 bits per heavy atom. The maximum atomic E-state index is 12.1. The number of benzene rings is 2. The fourth-order valence-corrected chi connectivity index (χ4v) is 2.47. The molecule has 156 valence electrons. The first-order valence-electron chi connectivity index (χ1n) is 8.84. The summed E-state index contributed by atoms with van der Waals surface area (Å²) in [4.78, 5) is 24.1. The average molecular weight is 409 g/mol. The van der Waals surface area contributed by atoms with Crippen molar-refractivity contribution in [3.05, 3.63) is 53.6 Å². The first-order chi connectivity index (χ1) is 13.5. The molecule has 0 unspecified atom stereocenters. The van der Waals surface area contributed by atoms with Gasteiger partial charge in [-0.25, -0.2) is 0 Å². The van der Waals surface area contributed by atoms with E-state index in [1.807, 2.05) is 20.8 Å². The van der Waals surface area contributed by atoms with Gasteiger partial charge in [-0.1, -0.05) is 0 Å². The predicted octanol–water partition coefficient (Wildman–Crippen LogP) is 4.08. The monoisotopic (exact) mass is 409 g/mol. The zero-order chi connectivity index (χ0) is 21.6. The molecule has 0 aliphatic rings. The van der Waals surface area contributed by atoms with Gasteiger partial charge in [0.15, 0.2) is 0 Å². The maximum absolute atomic E-state index is 12.1. The molecule has 0 saturated heterocycles. The average Bonchev–Trinajstić information content (AvgIpc) is 2.60. The predicted molar refractivity (Wildman–Crippen MR) is 104 cm³/mol. The van der Waals surface area contributed by atoms with Gasteiger partial charge in [0.25, 0.3) is 5.91 Å². The molecule has 0 radical (unpaired) electrons. The molecule has 2 aromatic carbocycles. The second-order valence-corrected chi connectivity index (χ2v) is 6.63. The standard InChI is InChI=1S/C20H22F3N3O3/c1-12(2)25-19(28)14-4-9-17(13(3)10-14)24-11-18(27)26-15-5-7-16(8-6-15)29-20(21,22)23/h4-10,12,24H,11H2,1-3H3,(H,25,28)(H,26,27). The van der Waals surface area contributed by atoms with Crippen LogP contribution in [0.4, 0.5) is 24.5 Å². The smallest absolute Gasteiger partial charge is 0.406 e. The lowest BCUT2D eigenvalue weighted by Gasteiger charge is -2.13. The van der Waals surface area contributed by atoms with Crippen LogP contribution in [0.15, 0.2) is 42.5 Å². The minimum absolute atomic E-state index is 0.0263. The summed E-state index contributed by atoms with van der Waals surface area (Å²) in [5.74, 6) is -0.924. The maximum Gasteiger partial charge on any atom is 0.573 e. The molecular formula is C20H22F3N3O3. The third kappa shape index (κ3) is 7.36. The number of ether oxygens (including phenoxy) is 1. The molecule has 3 N–H and O–H groups in total. The normalized spacial score (nSPS) is 11.1. The minimum Gasteiger partial charge on any atom is -0.406 e. The van der Waals surface area contributed by atoms with Crippen molar-refractivity contribution >= 4 is 23.2 Å². The second-order valence-electron chi connectivity index (χ2n) is 6.63. The van der Waals surface area contributed by atoms with Crippen LogP contribution in [0.1, 0.15) is 29.8 Å². The molecule has 6 nitrogen and oxygen atoms in total. The van der Waals surface area contributed by atoms with E-state index in [-0.39, 0.29) is 30.2 Å². The van der Waals surface area contributed by atoms with Crippen molar-refractivity contribution in [2.45, 2.75) is 33.2 Å². The molecule has 0 spiro atoms. The van der Waals surface area contributed by atoms with Gasteiger partial charge in [0, 0.05) is 23.0 Å². The number of alkyl halides is 3. The van der Waals surface area contributed by atoms with Gasteiger partial charge in [-0.05, 0) is 68.8 Å². The van der Waals surface area contributed by atoms with Crippen molar-refractivity contribution in [2.24, 2.45) is 0 Å². The van der Waals surface area contributed by atoms with E-state index in [4.69, 9.17) is 0 Å². The van der Waals surface area contributed by atoms with Crippen LogP contribution in [0.25, 0.3) is 0 Å². The number of halogens is 3. The number of carbonyl (C=O) groups is 2. The SMILES string of the molecule is Cc1cc(C(=O)NC(C)C)ccc1NCC(=O)Nc1ccc(OC(F)(F)F)cc1. The highest BCUT2D eigenvalue weighted by molar-refractivity contribution is 5.96. The molecule has 2 rings (SSSR count). The largest absolute Gasteiger partial charge is 0.573 e. The third-order valence-electron chi connectivity index (χ3n) is 3.72. The molecule has 0 aliphatic carbocycles. The highest BCUT2D eigenvalue weighted by Crippen LogP contribution is 2.24.